The smallest absolute Gasteiger partial charge is 0.406 e. The third kappa shape index (κ3) is 4.44. The van der Waals surface area contributed by atoms with Crippen molar-refractivity contribution in [1.82, 2.24) is 0 Å². The van der Waals surface area contributed by atoms with Gasteiger partial charge in [0.1, 0.15) is 5.75 Å². The van der Waals surface area contributed by atoms with Crippen molar-refractivity contribution >= 4 is 17.2 Å². The second-order valence-corrected chi connectivity index (χ2v) is 8.20. The number of Topliss-reactive ketones (excluding diaryl/α,β-unsaturated/α-hetero) is 1. The van der Waals surface area contributed by atoms with Crippen LogP contribution in [-0.2, 0) is 4.79 Å². The number of fused-ring (bicyclic) bond motifs is 1. The van der Waals surface area contributed by atoms with Crippen molar-refractivity contribution < 1.29 is 22.7 Å². The summed E-state index contributed by atoms with van der Waals surface area (Å²) in [7, 11) is 0. The van der Waals surface area contributed by atoms with Crippen LogP contribution in [0.5, 0.6) is 5.75 Å². The lowest BCUT2D eigenvalue weighted by Crippen LogP contribution is -2.26. The number of hydrogen-bond acceptors (Lipinski definition) is 4. The Morgan fingerprint density at radius 3 is 2.15 bits per heavy atom. The van der Waals surface area contributed by atoms with Crippen molar-refractivity contribution in [3.63, 3.8) is 0 Å². The van der Waals surface area contributed by atoms with Crippen LogP contribution >= 0.6 is 0 Å². The Hall–Kier alpha value is -3.74. The minimum absolute atomic E-state index is 0.0125. The summed E-state index contributed by atoms with van der Waals surface area (Å²) in [6.45, 7) is 0. The van der Waals surface area contributed by atoms with Gasteiger partial charge in [0, 0.05) is 17.7 Å². The number of alkyl halides is 3. The number of benzene rings is 3. The molecule has 7 heteroatoms. The molecular weight excluding hydrogens is 429 g/mol. The van der Waals surface area contributed by atoms with E-state index in [4.69, 9.17) is 0 Å². The van der Waals surface area contributed by atoms with Gasteiger partial charge >= 0.3 is 6.36 Å². The number of ketones is 1. The molecule has 1 aliphatic carbocycles. The highest BCUT2D eigenvalue weighted by Crippen LogP contribution is 2.44. The summed E-state index contributed by atoms with van der Waals surface area (Å²) in [5.74, 6) is -0.233. The zero-order valence-corrected chi connectivity index (χ0v) is 17.5. The molecule has 33 heavy (non-hydrogen) atoms. The molecule has 2 N–H and O–H groups in total. The fourth-order valence-electron chi connectivity index (χ4n) is 4.57. The van der Waals surface area contributed by atoms with Gasteiger partial charge < -0.3 is 15.4 Å². The largest absolute Gasteiger partial charge is 0.573 e. The number of para-hydroxylation sites is 2. The van der Waals surface area contributed by atoms with Gasteiger partial charge in [-0.05, 0) is 47.7 Å². The molecule has 0 bridgehead atoms. The first kappa shape index (κ1) is 21.1. The van der Waals surface area contributed by atoms with Crippen LogP contribution in [0.15, 0.2) is 90.1 Å². The SMILES string of the molecule is O=C1C[C@H](c2ccccc2)CC2=C1[C@H](c1ccc(OC(F)(F)F)cc1)Nc1ccccc1N2. The highest BCUT2D eigenvalue weighted by atomic mass is 19.4. The monoisotopic (exact) mass is 450 g/mol. The lowest BCUT2D eigenvalue weighted by Gasteiger charge is -2.30. The summed E-state index contributed by atoms with van der Waals surface area (Å²) >= 11 is 0. The van der Waals surface area contributed by atoms with E-state index in [2.05, 4.69) is 15.4 Å². The Labute approximate surface area is 189 Å². The van der Waals surface area contributed by atoms with E-state index in [1.807, 2.05) is 54.6 Å². The van der Waals surface area contributed by atoms with E-state index in [0.717, 1.165) is 22.6 Å². The van der Waals surface area contributed by atoms with E-state index in [1.54, 1.807) is 12.1 Å². The van der Waals surface area contributed by atoms with E-state index in [1.165, 1.54) is 12.1 Å². The fourth-order valence-corrected chi connectivity index (χ4v) is 4.57. The first-order valence-electron chi connectivity index (χ1n) is 10.7. The van der Waals surface area contributed by atoms with Gasteiger partial charge in [0.25, 0.3) is 0 Å². The van der Waals surface area contributed by atoms with E-state index in [-0.39, 0.29) is 17.5 Å². The van der Waals surface area contributed by atoms with E-state index in [9.17, 15) is 18.0 Å². The van der Waals surface area contributed by atoms with Gasteiger partial charge in [-0.15, -0.1) is 13.2 Å². The van der Waals surface area contributed by atoms with Crippen molar-refractivity contribution in [2.24, 2.45) is 0 Å². The topological polar surface area (TPSA) is 50.4 Å². The van der Waals surface area contributed by atoms with Gasteiger partial charge in [0.2, 0.25) is 0 Å². The summed E-state index contributed by atoms with van der Waals surface area (Å²) in [5.41, 5.74) is 4.90. The Morgan fingerprint density at radius 2 is 1.45 bits per heavy atom. The third-order valence-corrected chi connectivity index (χ3v) is 6.03. The second-order valence-electron chi connectivity index (χ2n) is 8.20. The Bertz CT molecular complexity index is 1200. The standard InChI is InChI=1S/C26H21F3N2O2/c27-26(28,29)33-19-12-10-17(11-13-19)25-24-22(30-20-8-4-5-9-21(20)31-25)14-18(15-23(24)32)16-6-2-1-3-7-16/h1-13,18,25,30-31H,14-15H2/t18-,25+/m1/s1. The molecule has 4 nitrogen and oxygen atoms in total. The van der Waals surface area contributed by atoms with Crippen LogP contribution in [0.1, 0.15) is 35.9 Å². The zero-order valence-electron chi connectivity index (χ0n) is 17.5. The number of anilines is 2. The molecule has 3 aromatic rings. The second kappa shape index (κ2) is 8.31. The van der Waals surface area contributed by atoms with E-state index in [0.29, 0.717) is 24.0 Å². The molecule has 0 saturated carbocycles. The number of halogens is 3. The van der Waals surface area contributed by atoms with Gasteiger partial charge in [-0.25, -0.2) is 0 Å². The molecule has 168 valence electrons. The lowest BCUT2D eigenvalue weighted by atomic mass is 9.78. The highest BCUT2D eigenvalue weighted by Gasteiger charge is 2.36. The van der Waals surface area contributed by atoms with Crippen LogP contribution in [0.2, 0.25) is 0 Å². The van der Waals surface area contributed by atoms with Crippen LogP contribution in [-0.4, -0.2) is 12.1 Å². The maximum Gasteiger partial charge on any atom is 0.573 e. The molecule has 0 fully saturated rings. The molecule has 1 heterocycles. The van der Waals surface area contributed by atoms with Gasteiger partial charge in [0.05, 0.1) is 17.4 Å². The van der Waals surface area contributed by atoms with Crippen molar-refractivity contribution in [1.29, 1.82) is 0 Å². The number of carbonyl (C=O) groups excluding carboxylic acids is 1. The number of allylic oxidation sites excluding steroid dienone is 1. The van der Waals surface area contributed by atoms with Crippen LogP contribution in [0.3, 0.4) is 0 Å². The number of carbonyl (C=O) groups is 1. The highest BCUT2D eigenvalue weighted by molar-refractivity contribution is 6.01. The predicted molar refractivity (Wildman–Crippen MR) is 120 cm³/mol. The molecule has 1 aliphatic heterocycles. The first-order valence-corrected chi connectivity index (χ1v) is 10.7. The van der Waals surface area contributed by atoms with Crippen molar-refractivity contribution in [3.8, 4) is 5.75 Å². The molecule has 0 aromatic heterocycles. The van der Waals surface area contributed by atoms with Crippen LogP contribution in [0, 0.1) is 0 Å². The molecule has 5 rings (SSSR count). The molecule has 2 atom stereocenters. The maximum absolute atomic E-state index is 13.4. The molecule has 3 aromatic carbocycles. The zero-order chi connectivity index (χ0) is 23.0. The normalized spacial score (nSPS) is 20.2. The molecule has 0 radical (unpaired) electrons. The number of nitrogens with one attached hydrogen (secondary N) is 2. The average molecular weight is 450 g/mol. The summed E-state index contributed by atoms with van der Waals surface area (Å²) in [5, 5.41) is 6.88. The van der Waals surface area contributed by atoms with Crippen LogP contribution < -0.4 is 15.4 Å². The minimum atomic E-state index is -4.76. The van der Waals surface area contributed by atoms with E-state index >= 15 is 0 Å². The summed E-state index contributed by atoms with van der Waals surface area (Å²) < 4.78 is 41.7. The van der Waals surface area contributed by atoms with Gasteiger partial charge in [-0.2, -0.15) is 0 Å². The van der Waals surface area contributed by atoms with Crippen LogP contribution in [0.25, 0.3) is 0 Å². The lowest BCUT2D eigenvalue weighted by molar-refractivity contribution is -0.274. The van der Waals surface area contributed by atoms with E-state index < -0.39 is 12.4 Å². The van der Waals surface area contributed by atoms with Crippen molar-refractivity contribution in [3.05, 3.63) is 101 Å². The summed E-state index contributed by atoms with van der Waals surface area (Å²) in [4.78, 5) is 13.4. The Balaban J connectivity index is 1.54. The van der Waals surface area contributed by atoms with Crippen molar-refractivity contribution in [2.45, 2.75) is 31.2 Å². The van der Waals surface area contributed by atoms with Crippen molar-refractivity contribution in [2.75, 3.05) is 10.6 Å². The summed E-state index contributed by atoms with van der Waals surface area (Å²) in [6, 6.07) is 22.8. The average Bonchev–Trinajstić information content (AvgIpc) is 2.96. The molecule has 0 unspecified atom stereocenters. The number of rotatable bonds is 3. The maximum atomic E-state index is 13.4. The molecule has 0 spiro atoms. The molecule has 2 aliphatic rings. The van der Waals surface area contributed by atoms with Gasteiger partial charge in [-0.1, -0.05) is 54.6 Å². The number of ether oxygens (including phenoxy) is 1. The minimum Gasteiger partial charge on any atom is -0.406 e. The third-order valence-electron chi connectivity index (χ3n) is 6.03. The predicted octanol–water partition coefficient (Wildman–Crippen LogP) is 6.56. The van der Waals surface area contributed by atoms with Crippen LogP contribution in [0.4, 0.5) is 24.5 Å². The molecule has 0 saturated heterocycles. The summed E-state index contributed by atoms with van der Waals surface area (Å²) in [6.07, 6.45) is -3.73. The molecular formula is C26H21F3N2O2. The fraction of sp³-hybridized carbons (Fsp3) is 0.192. The Morgan fingerprint density at radius 1 is 0.788 bits per heavy atom. The number of hydrogen-bond donors (Lipinski definition) is 2. The van der Waals surface area contributed by atoms with Gasteiger partial charge in [0.15, 0.2) is 5.78 Å². The van der Waals surface area contributed by atoms with Gasteiger partial charge in [-0.3, -0.25) is 4.79 Å². The Kier molecular flexibility index (Phi) is 5.32. The molecule has 0 amide bonds. The first-order chi connectivity index (χ1) is 15.9. The quantitative estimate of drug-likeness (QED) is 0.474.